The summed E-state index contributed by atoms with van der Waals surface area (Å²) in [5.74, 6) is -1.40. The van der Waals surface area contributed by atoms with E-state index >= 15 is 0 Å². The molecule has 1 aromatic rings. The van der Waals surface area contributed by atoms with E-state index in [2.05, 4.69) is 5.32 Å². The summed E-state index contributed by atoms with van der Waals surface area (Å²) >= 11 is 0. The monoisotopic (exact) mass is 402 g/mol. The van der Waals surface area contributed by atoms with E-state index < -0.39 is 35.0 Å². The van der Waals surface area contributed by atoms with Crippen molar-refractivity contribution < 1.29 is 32.6 Å². The van der Waals surface area contributed by atoms with Crippen LogP contribution in [-0.4, -0.2) is 46.8 Å². The molecule has 1 amide bonds. The van der Waals surface area contributed by atoms with Crippen molar-refractivity contribution in [2.45, 2.75) is 58.0 Å². The van der Waals surface area contributed by atoms with Gasteiger partial charge in [0.05, 0.1) is 11.1 Å². The van der Waals surface area contributed by atoms with Crippen molar-refractivity contribution in [3.05, 3.63) is 34.9 Å². The molecule has 1 heterocycles. The Morgan fingerprint density at radius 3 is 2.54 bits per heavy atom. The molecule has 1 aliphatic heterocycles. The molecule has 1 fully saturated rings. The Morgan fingerprint density at radius 1 is 1.29 bits per heavy atom. The van der Waals surface area contributed by atoms with Gasteiger partial charge in [0, 0.05) is 19.1 Å². The summed E-state index contributed by atoms with van der Waals surface area (Å²) < 4.78 is 45.3. The minimum absolute atomic E-state index is 0.0154. The third kappa shape index (κ3) is 6.12. The summed E-state index contributed by atoms with van der Waals surface area (Å²) in [6.45, 7) is 6.12. The lowest BCUT2D eigenvalue weighted by molar-refractivity contribution is -0.138. The molecule has 0 aromatic heterocycles. The van der Waals surface area contributed by atoms with Gasteiger partial charge in [-0.2, -0.15) is 13.2 Å². The van der Waals surface area contributed by atoms with Crippen LogP contribution >= 0.6 is 0 Å². The Labute approximate surface area is 161 Å². The molecule has 0 spiro atoms. The van der Waals surface area contributed by atoms with Crippen LogP contribution < -0.4 is 5.32 Å². The van der Waals surface area contributed by atoms with Gasteiger partial charge in [-0.25, -0.2) is 9.59 Å². The van der Waals surface area contributed by atoms with Crippen LogP contribution in [0.4, 0.5) is 18.0 Å². The Morgan fingerprint density at radius 2 is 1.96 bits per heavy atom. The molecule has 9 heteroatoms. The second-order valence-corrected chi connectivity index (χ2v) is 7.82. The summed E-state index contributed by atoms with van der Waals surface area (Å²) in [6, 6.07) is 2.94. The first-order valence-electron chi connectivity index (χ1n) is 9.01. The first kappa shape index (κ1) is 22.0. The number of benzene rings is 1. The number of carbonyl (C=O) groups excluding carboxylic acids is 1. The Kier molecular flexibility index (Phi) is 6.59. The maximum absolute atomic E-state index is 13.4. The second-order valence-electron chi connectivity index (χ2n) is 7.82. The zero-order valence-electron chi connectivity index (χ0n) is 16.1. The number of nitrogens with one attached hydrogen (secondary N) is 1. The molecule has 1 saturated heterocycles. The molecule has 1 aromatic carbocycles. The number of ether oxygens (including phenoxy) is 1. The van der Waals surface area contributed by atoms with Crippen LogP contribution in [0.1, 0.15) is 55.1 Å². The summed E-state index contributed by atoms with van der Waals surface area (Å²) in [5, 5.41) is 11.6. The molecule has 0 radical (unpaired) electrons. The lowest BCUT2D eigenvalue weighted by atomic mass is 10.0. The van der Waals surface area contributed by atoms with Crippen molar-refractivity contribution in [1.29, 1.82) is 0 Å². The molecular formula is C19H25F3N2O4. The van der Waals surface area contributed by atoms with Crippen molar-refractivity contribution in [2.24, 2.45) is 0 Å². The summed E-state index contributed by atoms with van der Waals surface area (Å²) in [5.41, 5.74) is -1.96. The highest BCUT2D eigenvalue weighted by Gasteiger charge is 2.35. The fraction of sp³-hybridized carbons (Fsp3) is 0.579. The maximum atomic E-state index is 13.4. The fourth-order valence-electron chi connectivity index (χ4n) is 3.18. The Hall–Kier alpha value is -2.29. The summed E-state index contributed by atoms with van der Waals surface area (Å²) in [7, 11) is 0. The van der Waals surface area contributed by atoms with Gasteiger partial charge in [0.1, 0.15) is 5.60 Å². The molecule has 0 unspecified atom stereocenters. The number of aromatic carboxylic acids is 1. The van der Waals surface area contributed by atoms with E-state index in [9.17, 15) is 22.8 Å². The number of halogens is 3. The van der Waals surface area contributed by atoms with Gasteiger partial charge >= 0.3 is 18.2 Å². The number of carboxylic acids is 1. The van der Waals surface area contributed by atoms with Crippen LogP contribution in [0.2, 0.25) is 0 Å². The zero-order chi connectivity index (χ0) is 21.1. The van der Waals surface area contributed by atoms with Crippen molar-refractivity contribution >= 4 is 12.1 Å². The van der Waals surface area contributed by atoms with E-state index in [4.69, 9.17) is 9.84 Å². The van der Waals surface area contributed by atoms with Gasteiger partial charge in [-0.1, -0.05) is 6.07 Å². The molecule has 0 bridgehead atoms. The Balaban J connectivity index is 2.09. The summed E-state index contributed by atoms with van der Waals surface area (Å²) in [4.78, 5) is 24.7. The van der Waals surface area contributed by atoms with E-state index in [0.717, 1.165) is 12.8 Å². The van der Waals surface area contributed by atoms with E-state index in [0.29, 0.717) is 12.6 Å². The third-order valence-corrected chi connectivity index (χ3v) is 4.42. The summed E-state index contributed by atoms with van der Waals surface area (Å²) in [6.07, 6.45) is -3.68. The van der Waals surface area contributed by atoms with Gasteiger partial charge < -0.3 is 15.2 Å². The van der Waals surface area contributed by atoms with Gasteiger partial charge in [-0.3, -0.25) is 4.90 Å². The number of likely N-dealkylation sites (tertiary alicyclic amines) is 1. The number of carbonyl (C=O) groups is 2. The molecule has 2 rings (SSSR count). The predicted molar refractivity (Wildman–Crippen MR) is 96.1 cm³/mol. The average molecular weight is 402 g/mol. The SMILES string of the molecule is CC(C)(C)OC(=O)NC[C@@H]1CCCN1Cc1ccc(C(=O)O)cc1C(F)(F)F. The van der Waals surface area contributed by atoms with Crippen LogP contribution in [-0.2, 0) is 17.5 Å². The van der Waals surface area contributed by atoms with Crippen LogP contribution in [0.3, 0.4) is 0 Å². The Bertz CT molecular complexity index is 729. The first-order valence-corrected chi connectivity index (χ1v) is 9.01. The van der Waals surface area contributed by atoms with E-state index in [1.165, 1.54) is 12.1 Å². The van der Waals surface area contributed by atoms with E-state index in [1.54, 1.807) is 20.8 Å². The van der Waals surface area contributed by atoms with Gasteiger partial charge in [0.2, 0.25) is 0 Å². The van der Waals surface area contributed by atoms with Crippen molar-refractivity contribution in [3.8, 4) is 0 Å². The van der Waals surface area contributed by atoms with Crippen LogP contribution in [0.25, 0.3) is 0 Å². The van der Waals surface area contributed by atoms with Gasteiger partial charge in [0.15, 0.2) is 0 Å². The highest BCUT2D eigenvalue weighted by atomic mass is 19.4. The third-order valence-electron chi connectivity index (χ3n) is 4.42. The lowest BCUT2D eigenvalue weighted by Crippen LogP contribution is -2.42. The largest absolute Gasteiger partial charge is 0.478 e. The topological polar surface area (TPSA) is 78.9 Å². The standard InChI is InChI=1S/C19H25F3N2O4/c1-18(2,3)28-17(27)23-10-14-5-4-8-24(14)11-13-7-6-12(16(25)26)9-15(13)19(20,21)22/h6-7,9,14H,4-5,8,10-11H2,1-3H3,(H,23,27)(H,25,26)/t14-/m0/s1. The molecule has 1 atom stereocenters. The number of rotatable bonds is 5. The molecule has 2 N–H and O–H groups in total. The quantitative estimate of drug-likeness (QED) is 0.781. The molecule has 156 valence electrons. The second kappa shape index (κ2) is 8.38. The number of alkyl carbamates (subject to hydrolysis) is 1. The predicted octanol–water partition coefficient (Wildman–Crippen LogP) is 3.89. The van der Waals surface area contributed by atoms with Crippen LogP contribution in [0, 0.1) is 0 Å². The van der Waals surface area contributed by atoms with Crippen molar-refractivity contribution in [1.82, 2.24) is 10.2 Å². The van der Waals surface area contributed by atoms with E-state index in [-0.39, 0.29) is 24.7 Å². The molecule has 0 saturated carbocycles. The van der Waals surface area contributed by atoms with Gasteiger partial charge in [-0.15, -0.1) is 0 Å². The van der Waals surface area contributed by atoms with Gasteiger partial charge in [0.25, 0.3) is 0 Å². The number of amides is 1. The van der Waals surface area contributed by atoms with Gasteiger partial charge in [-0.05, 0) is 57.9 Å². The first-order chi connectivity index (χ1) is 12.9. The molecule has 28 heavy (non-hydrogen) atoms. The number of nitrogens with zero attached hydrogens (tertiary/aromatic N) is 1. The van der Waals surface area contributed by atoms with Crippen molar-refractivity contribution in [3.63, 3.8) is 0 Å². The normalized spacial score (nSPS) is 18.1. The molecule has 6 nitrogen and oxygen atoms in total. The minimum Gasteiger partial charge on any atom is -0.478 e. The molecular weight excluding hydrogens is 377 g/mol. The number of hydrogen-bond acceptors (Lipinski definition) is 4. The smallest absolute Gasteiger partial charge is 0.416 e. The van der Waals surface area contributed by atoms with Crippen LogP contribution in [0.5, 0.6) is 0 Å². The number of carboxylic acid groups (broad SMARTS) is 1. The highest BCUT2D eigenvalue weighted by Crippen LogP contribution is 2.34. The highest BCUT2D eigenvalue weighted by molar-refractivity contribution is 5.88. The average Bonchev–Trinajstić information content (AvgIpc) is 2.97. The van der Waals surface area contributed by atoms with Crippen LogP contribution in [0.15, 0.2) is 18.2 Å². The lowest BCUT2D eigenvalue weighted by Gasteiger charge is -2.27. The molecule has 1 aliphatic rings. The van der Waals surface area contributed by atoms with Crippen molar-refractivity contribution in [2.75, 3.05) is 13.1 Å². The fourth-order valence-corrected chi connectivity index (χ4v) is 3.18. The number of hydrogen-bond donors (Lipinski definition) is 2. The zero-order valence-corrected chi connectivity index (χ0v) is 16.1. The minimum atomic E-state index is -4.65. The maximum Gasteiger partial charge on any atom is 0.416 e. The number of alkyl halides is 3. The van der Waals surface area contributed by atoms with E-state index in [1.807, 2.05) is 4.90 Å². The molecule has 0 aliphatic carbocycles.